The molecule has 126 valence electrons. The Kier molecular flexibility index (Phi) is 6.82. The minimum absolute atomic E-state index is 0.0696. The molecular weight excluding hydrogens is 326 g/mol. The zero-order chi connectivity index (χ0) is 17.4. The van der Waals surface area contributed by atoms with Crippen LogP contribution in [0.4, 0.5) is 0 Å². The lowest BCUT2D eigenvalue weighted by Gasteiger charge is -2.13. The fourth-order valence-corrected chi connectivity index (χ4v) is 2.57. The summed E-state index contributed by atoms with van der Waals surface area (Å²) in [6.45, 7) is 2.44. The first-order chi connectivity index (χ1) is 11.7. The lowest BCUT2D eigenvalue weighted by Crippen LogP contribution is -2.14. The van der Waals surface area contributed by atoms with E-state index in [-0.39, 0.29) is 5.71 Å². The van der Waals surface area contributed by atoms with Crippen LogP contribution in [0.2, 0.25) is 0 Å². The Hall–Kier alpha value is -2.33. The van der Waals surface area contributed by atoms with Crippen molar-refractivity contribution < 1.29 is 14.4 Å². The summed E-state index contributed by atoms with van der Waals surface area (Å²) in [5, 5.41) is 3.07. The van der Waals surface area contributed by atoms with Crippen LogP contribution in [0.15, 0.2) is 53.7 Å². The summed E-state index contributed by atoms with van der Waals surface area (Å²) in [5.41, 5.74) is 2.65. The number of hydrogen-bond acceptors (Lipinski definition) is 4. The number of oxime groups is 1. The molecule has 0 aromatic heterocycles. The zero-order valence-corrected chi connectivity index (χ0v) is 14.5. The van der Waals surface area contributed by atoms with Crippen molar-refractivity contribution in [2.45, 2.75) is 26.4 Å². The Balaban J connectivity index is 2.26. The Morgan fingerprint density at radius 2 is 1.75 bits per heavy atom. The molecule has 0 fully saturated rings. The average molecular weight is 346 g/mol. The molecule has 0 saturated heterocycles. The highest BCUT2D eigenvalue weighted by molar-refractivity contribution is 6.84. The molecule has 0 spiro atoms. The summed E-state index contributed by atoms with van der Waals surface area (Å²) in [7, 11) is 1.37. The van der Waals surface area contributed by atoms with Gasteiger partial charge in [-0.1, -0.05) is 61.0 Å². The van der Waals surface area contributed by atoms with Crippen LogP contribution < -0.4 is 4.74 Å². The first-order valence-electron chi connectivity index (χ1n) is 7.77. The molecule has 2 aromatic carbocycles. The molecule has 24 heavy (non-hydrogen) atoms. The summed E-state index contributed by atoms with van der Waals surface area (Å²) in [5.74, 6) is 0.844. The Morgan fingerprint density at radius 1 is 1.08 bits per heavy atom. The van der Waals surface area contributed by atoms with Crippen molar-refractivity contribution >= 4 is 22.6 Å². The predicted molar refractivity (Wildman–Crippen MR) is 95.6 cm³/mol. The van der Waals surface area contributed by atoms with Crippen LogP contribution in [0.3, 0.4) is 0 Å². The molecule has 0 aliphatic heterocycles. The molecule has 0 amide bonds. The van der Waals surface area contributed by atoms with Gasteiger partial charge >= 0.3 is 0 Å². The molecular formula is C19H20ClNO3. The molecule has 0 atom stereocenters. The highest BCUT2D eigenvalue weighted by atomic mass is 35.5. The number of rotatable bonds is 8. The second-order valence-electron chi connectivity index (χ2n) is 5.20. The second-order valence-corrected chi connectivity index (χ2v) is 5.54. The predicted octanol–water partition coefficient (Wildman–Crippen LogP) is 4.33. The molecule has 4 nitrogen and oxygen atoms in total. The topological polar surface area (TPSA) is 47.9 Å². The van der Waals surface area contributed by atoms with Crippen LogP contribution in [0.1, 0.15) is 30.0 Å². The smallest absolute Gasteiger partial charge is 0.274 e. The van der Waals surface area contributed by atoms with Gasteiger partial charge in [-0.3, -0.25) is 4.79 Å². The third kappa shape index (κ3) is 4.59. The minimum Gasteiger partial charge on any atom is -0.489 e. The second kappa shape index (κ2) is 9.08. The van der Waals surface area contributed by atoms with E-state index in [0.29, 0.717) is 12.2 Å². The van der Waals surface area contributed by atoms with Gasteiger partial charge in [0.25, 0.3) is 5.24 Å². The van der Waals surface area contributed by atoms with Gasteiger partial charge in [0.05, 0.1) is 0 Å². The fourth-order valence-electron chi connectivity index (χ4n) is 2.44. The lowest BCUT2D eigenvalue weighted by atomic mass is 10.0. The van der Waals surface area contributed by atoms with Crippen LogP contribution in [-0.2, 0) is 22.7 Å². The van der Waals surface area contributed by atoms with E-state index in [4.69, 9.17) is 21.2 Å². The largest absolute Gasteiger partial charge is 0.489 e. The summed E-state index contributed by atoms with van der Waals surface area (Å²) in [6.07, 6.45) is 2.00. The molecule has 0 heterocycles. The lowest BCUT2D eigenvalue weighted by molar-refractivity contribution is -0.106. The molecule has 2 aromatic rings. The number of para-hydroxylation sites is 1. The van der Waals surface area contributed by atoms with Crippen LogP contribution >= 0.6 is 11.6 Å². The molecule has 0 saturated carbocycles. The number of ether oxygens (including phenoxy) is 1. The Bertz CT molecular complexity index is 728. The third-order valence-corrected chi connectivity index (χ3v) is 3.70. The Morgan fingerprint density at radius 3 is 2.42 bits per heavy atom. The van der Waals surface area contributed by atoms with Crippen molar-refractivity contribution in [3.63, 3.8) is 0 Å². The number of benzene rings is 2. The number of aryl methyl sites for hydroxylation is 1. The number of halogens is 1. The molecule has 0 aliphatic rings. The minimum atomic E-state index is -0.671. The van der Waals surface area contributed by atoms with Gasteiger partial charge < -0.3 is 9.57 Å². The van der Waals surface area contributed by atoms with Gasteiger partial charge in [0.15, 0.2) is 5.71 Å². The SMILES string of the molecule is CCCc1ccccc1OCc1ccccc1/C(=N\OC)C(=O)Cl. The first-order valence-corrected chi connectivity index (χ1v) is 8.15. The van der Waals surface area contributed by atoms with Gasteiger partial charge in [0.2, 0.25) is 0 Å². The molecule has 0 radical (unpaired) electrons. The first kappa shape index (κ1) is 18.0. The van der Waals surface area contributed by atoms with Gasteiger partial charge in [0.1, 0.15) is 19.5 Å². The van der Waals surface area contributed by atoms with Crippen LogP contribution in [0.25, 0.3) is 0 Å². The highest BCUT2D eigenvalue weighted by Gasteiger charge is 2.17. The van der Waals surface area contributed by atoms with Gasteiger partial charge in [-0.2, -0.15) is 0 Å². The molecule has 5 heteroatoms. The summed E-state index contributed by atoms with van der Waals surface area (Å²) >= 11 is 5.62. The van der Waals surface area contributed by atoms with Gasteiger partial charge in [-0.05, 0) is 35.2 Å². The molecule has 0 bridgehead atoms. The van der Waals surface area contributed by atoms with Crippen molar-refractivity contribution in [2.24, 2.45) is 5.16 Å². The molecule has 2 rings (SSSR count). The maximum atomic E-state index is 11.6. The van der Waals surface area contributed by atoms with E-state index in [9.17, 15) is 4.79 Å². The normalized spacial score (nSPS) is 11.2. The van der Waals surface area contributed by atoms with E-state index in [0.717, 1.165) is 29.7 Å². The zero-order valence-electron chi connectivity index (χ0n) is 13.8. The maximum Gasteiger partial charge on any atom is 0.274 e. The van der Waals surface area contributed by atoms with E-state index in [1.54, 1.807) is 6.07 Å². The van der Waals surface area contributed by atoms with E-state index >= 15 is 0 Å². The summed E-state index contributed by atoms with van der Waals surface area (Å²) in [6, 6.07) is 15.3. The van der Waals surface area contributed by atoms with Crippen molar-refractivity contribution in [1.82, 2.24) is 0 Å². The van der Waals surface area contributed by atoms with Crippen LogP contribution in [0.5, 0.6) is 5.75 Å². The quantitative estimate of drug-likeness (QED) is 0.406. The van der Waals surface area contributed by atoms with E-state index in [2.05, 4.69) is 18.1 Å². The van der Waals surface area contributed by atoms with Crippen molar-refractivity contribution in [2.75, 3.05) is 7.11 Å². The van der Waals surface area contributed by atoms with E-state index < -0.39 is 5.24 Å². The number of hydrogen-bond donors (Lipinski definition) is 0. The summed E-state index contributed by atoms with van der Waals surface area (Å²) in [4.78, 5) is 16.3. The van der Waals surface area contributed by atoms with Crippen molar-refractivity contribution in [1.29, 1.82) is 0 Å². The summed E-state index contributed by atoms with van der Waals surface area (Å²) < 4.78 is 5.97. The van der Waals surface area contributed by atoms with Crippen LogP contribution in [-0.4, -0.2) is 18.1 Å². The molecule has 0 N–H and O–H groups in total. The number of carbonyl (C=O) groups is 1. The van der Waals surface area contributed by atoms with Crippen molar-refractivity contribution in [3.8, 4) is 5.75 Å². The van der Waals surface area contributed by atoms with E-state index in [1.807, 2.05) is 36.4 Å². The van der Waals surface area contributed by atoms with Gasteiger partial charge in [-0.25, -0.2) is 0 Å². The van der Waals surface area contributed by atoms with Crippen molar-refractivity contribution in [3.05, 3.63) is 65.2 Å². The number of carbonyl (C=O) groups excluding carboxylic acids is 1. The van der Waals surface area contributed by atoms with E-state index in [1.165, 1.54) is 7.11 Å². The standard InChI is InChI=1S/C19H20ClNO3/c1-3-8-14-9-5-7-12-17(14)24-13-15-10-4-6-11-16(15)18(19(20)22)21-23-2/h4-7,9-12H,3,8,13H2,1-2H3/b21-18+. The van der Waals surface area contributed by atoms with Gasteiger partial charge in [0, 0.05) is 5.56 Å². The molecule has 0 aliphatic carbocycles. The molecule has 0 unspecified atom stereocenters. The fraction of sp³-hybridized carbons (Fsp3) is 0.263. The monoisotopic (exact) mass is 345 g/mol. The average Bonchev–Trinajstić information content (AvgIpc) is 2.59. The maximum absolute atomic E-state index is 11.6. The van der Waals surface area contributed by atoms with Crippen LogP contribution in [0, 0.1) is 0 Å². The Labute approximate surface area is 147 Å². The highest BCUT2D eigenvalue weighted by Crippen LogP contribution is 2.22. The number of nitrogens with zero attached hydrogens (tertiary/aromatic N) is 1. The van der Waals surface area contributed by atoms with Gasteiger partial charge in [-0.15, -0.1) is 0 Å². The third-order valence-electron chi connectivity index (χ3n) is 3.52.